The highest BCUT2D eigenvalue weighted by atomic mass is 19.1. The van der Waals surface area contributed by atoms with Crippen molar-refractivity contribution in [3.63, 3.8) is 0 Å². The summed E-state index contributed by atoms with van der Waals surface area (Å²) in [6.07, 6.45) is 3.79. The number of aromatic nitrogens is 1. The van der Waals surface area contributed by atoms with Crippen LogP contribution in [-0.4, -0.2) is 10.9 Å². The van der Waals surface area contributed by atoms with Gasteiger partial charge in [-0.1, -0.05) is 24.3 Å². The van der Waals surface area contributed by atoms with Gasteiger partial charge in [0.25, 0.3) is 0 Å². The van der Waals surface area contributed by atoms with Crippen LogP contribution in [0.2, 0.25) is 0 Å². The second-order valence-corrected chi connectivity index (χ2v) is 6.79. The van der Waals surface area contributed by atoms with Crippen molar-refractivity contribution < 1.29 is 13.6 Å². The van der Waals surface area contributed by atoms with Crippen molar-refractivity contribution in [1.29, 1.82) is 0 Å². The van der Waals surface area contributed by atoms with Crippen molar-refractivity contribution in [3.8, 4) is 11.3 Å². The minimum Gasteiger partial charge on any atom is -0.353 e. The van der Waals surface area contributed by atoms with Crippen molar-refractivity contribution in [1.82, 2.24) is 4.98 Å². The Morgan fingerprint density at radius 3 is 2.14 bits per heavy atom. The van der Waals surface area contributed by atoms with Crippen molar-refractivity contribution in [2.45, 2.75) is 6.92 Å². The molecule has 0 aliphatic rings. The van der Waals surface area contributed by atoms with Crippen LogP contribution in [0, 0.1) is 11.6 Å². The third-order valence-corrected chi connectivity index (χ3v) is 4.55. The number of carbonyl (C=O) groups excluding carboxylic acids is 1. The summed E-state index contributed by atoms with van der Waals surface area (Å²) in [7, 11) is 0. The Balaban J connectivity index is 1.76. The molecule has 1 aromatic heterocycles. The van der Waals surface area contributed by atoms with Crippen LogP contribution < -0.4 is 5.32 Å². The van der Waals surface area contributed by atoms with Gasteiger partial charge in [0.1, 0.15) is 11.6 Å². The summed E-state index contributed by atoms with van der Waals surface area (Å²) >= 11 is 0. The number of benzene rings is 3. The summed E-state index contributed by atoms with van der Waals surface area (Å²) < 4.78 is 26.3. The van der Waals surface area contributed by atoms with E-state index in [-0.39, 0.29) is 17.5 Å². The number of carbonyl (C=O) groups is 1. The lowest BCUT2D eigenvalue weighted by Crippen LogP contribution is -2.06. The van der Waals surface area contributed by atoms with Gasteiger partial charge in [0, 0.05) is 18.0 Å². The Hall–Kier alpha value is -3.73. The zero-order valence-corrected chi connectivity index (χ0v) is 15.7. The Bertz CT molecular complexity index is 1210. The highest BCUT2D eigenvalue weighted by Crippen LogP contribution is 2.31. The normalized spacial score (nSPS) is 11.3. The Morgan fingerprint density at radius 1 is 0.862 bits per heavy atom. The maximum atomic E-state index is 13.2. The van der Waals surface area contributed by atoms with Crippen LogP contribution >= 0.6 is 0 Å². The van der Waals surface area contributed by atoms with E-state index in [1.54, 1.807) is 24.3 Å². The highest BCUT2D eigenvalue weighted by molar-refractivity contribution is 6.03. The second-order valence-electron chi connectivity index (χ2n) is 6.79. The lowest BCUT2D eigenvalue weighted by Gasteiger charge is -2.06. The maximum Gasteiger partial charge on any atom is 0.221 e. The van der Waals surface area contributed by atoms with Crippen LogP contribution in [0.5, 0.6) is 0 Å². The molecule has 0 bridgehead atoms. The number of anilines is 1. The van der Waals surface area contributed by atoms with Crippen molar-refractivity contribution in [2.75, 3.05) is 5.32 Å². The lowest BCUT2D eigenvalue weighted by molar-refractivity contribution is -0.114. The summed E-state index contributed by atoms with van der Waals surface area (Å²) in [5.41, 5.74) is 4.87. The molecule has 1 amide bonds. The SMILES string of the molecule is CC(=O)Nc1cc(/C=C/c2ccc(F)cc2)cc2cc(-c3ccc(F)cc3)[nH]c12. The molecule has 0 saturated carbocycles. The van der Waals surface area contributed by atoms with E-state index in [9.17, 15) is 13.6 Å². The van der Waals surface area contributed by atoms with Gasteiger partial charge in [0.2, 0.25) is 5.91 Å². The van der Waals surface area contributed by atoms with Gasteiger partial charge in [-0.05, 0) is 71.3 Å². The first kappa shape index (κ1) is 18.6. The molecule has 0 unspecified atom stereocenters. The van der Waals surface area contributed by atoms with Gasteiger partial charge in [0.15, 0.2) is 0 Å². The van der Waals surface area contributed by atoms with Crippen LogP contribution in [0.1, 0.15) is 18.1 Å². The van der Waals surface area contributed by atoms with Crippen molar-refractivity contribution in [2.24, 2.45) is 0 Å². The Morgan fingerprint density at radius 2 is 1.48 bits per heavy atom. The van der Waals surface area contributed by atoms with E-state index in [0.717, 1.165) is 33.3 Å². The first-order valence-electron chi connectivity index (χ1n) is 9.12. The van der Waals surface area contributed by atoms with E-state index in [1.165, 1.54) is 31.2 Å². The minimum atomic E-state index is -0.294. The molecule has 3 nitrogen and oxygen atoms in total. The molecule has 4 rings (SSSR count). The molecular weight excluding hydrogens is 370 g/mol. The smallest absolute Gasteiger partial charge is 0.221 e. The fraction of sp³-hybridized carbons (Fsp3) is 0.0417. The van der Waals surface area contributed by atoms with Gasteiger partial charge >= 0.3 is 0 Å². The van der Waals surface area contributed by atoms with Gasteiger partial charge in [-0.15, -0.1) is 0 Å². The molecule has 0 aliphatic heterocycles. The summed E-state index contributed by atoms with van der Waals surface area (Å²) in [6, 6.07) is 18.3. The number of halogens is 2. The van der Waals surface area contributed by atoms with E-state index in [4.69, 9.17) is 0 Å². The average Bonchev–Trinajstić information content (AvgIpc) is 3.12. The summed E-state index contributed by atoms with van der Waals surface area (Å²) in [4.78, 5) is 15.0. The van der Waals surface area contributed by atoms with Crippen LogP contribution in [-0.2, 0) is 4.79 Å². The molecule has 144 valence electrons. The quantitative estimate of drug-likeness (QED) is 0.399. The Kier molecular flexibility index (Phi) is 4.96. The fourth-order valence-electron chi connectivity index (χ4n) is 3.20. The number of hydrogen-bond acceptors (Lipinski definition) is 1. The lowest BCUT2D eigenvalue weighted by atomic mass is 10.1. The van der Waals surface area contributed by atoms with Gasteiger partial charge in [-0.25, -0.2) is 8.78 Å². The minimum absolute atomic E-state index is 0.177. The number of amides is 1. The molecule has 0 aliphatic carbocycles. The van der Waals surface area contributed by atoms with Crippen LogP contribution in [0.25, 0.3) is 34.3 Å². The zero-order chi connectivity index (χ0) is 20.4. The summed E-state index contributed by atoms with van der Waals surface area (Å²) in [5, 5.41) is 3.77. The molecule has 0 radical (unpaired) electrons. The maximum absolute atomic E-state index is 13.2. The number of hydrogen-bond donors (Lipinski definition) is 2. The van der Waals surface area contributed by atoms with Gasteiger partial charge in [-0.3, -0.25) is 4.79 Å². The summed E-state index contributed by atoms with van der Waals surface area (Å²) in [5.74, 6) is -0.752. The largest absolute Gasteiger partial charge is 0.353 e. The predicted octanol–water partition coefficient (Wildman–Crippen LogP) is 6.24. The Labute approximate surface area is 166 Å². The zero-order valence-electron chi connectivity index (χ0n) is 15.7. The molecule has 1 heterocycles. The standard InChI is InChI=1S/C24H18F2N2O/c1-15(29)27-23-13-17(3-2-16-4-8-20(25)9-5-16)12-19-14-22(28-24(19)23)18-6-10-21(26)11-7-18/h2-14,28H,1H3,(H,27,29)/b3-2+. The van der Waals surface area contributed by atoms with Crippen molar-refractivity contribution >= 4 is 34.6 Å². The van der Waals surface area contributed by atoms with E-state index in [0.29, 0.717) is 5.69 Å². The molecule has 4 aromatic rings. The second kappa shape index (κ2) is 7.72. The molecule has 3 aromatic carbocycles. The van der Waals surface area contributed by atoms with E-state index < -0.39 is 0 Å². The summed E-state index contributed by atoms with van der Waals surface area (Å²) in [6.45, 7) is 1.46. The third kappa shape index (κ3) is 4.24. The van der Waals surface area contributed by atoms with Crippen LogP contribution in [0.4, 0.5) is 14.5 Å². The molecular formula is C24H18F2N2O. The van der Waals surface area contributed by atoms with Gasteiger partial charge < -0.3 is 10.3 Å². The van der Waals surface area contributed by atoms with Crippen LogP contribution in [0.3, 0.4) is 0 Å². The molecule has 0 saturated heterocycles. The molecule has 0 fully saturated rings. The average molecular weight is 388 g/mol. The van der Waals surface area contributed by atoms with E-state index in [1.807, 2.05) is 30.4 Å². The number of aromatic amines is 1. The molecule has 29 heavy (non-hydrogen) atoms. The fourth-order valence-corrected chi connectivity index (χ4v) is 3.20. The number of fused-ring (bicyclic) bond motifs is 1. The van der Waals surface area contributed by atoms with E-state index >= 15 is 0 Å². The van der Waals surface area contributed by atoms with Crippen molar-refractivity contribution in [3.05, 3.63) is 89.5 Å². The number of H-pyrrole nitrogens is 1. The monoisotopic (exact) mass is 388 g/mol. The van der Waals surface area contributed by atoms with Gasteiger partial charge in [0.05, 0.1) is 11.2 Å². The number of nitrogens with one attached hydrogen (secondary N) is 2. The molecule has 2 N–H and O–H groups in total. The van der Waals surface area contributed by atoms with Crippen LogP contribution in [0.15, 0.2) is 66.7 Å². The highest BCUT2D eigenvalue weighted by Gasteiger charge is 2.10. The van der Waals surface area contributed by atoms with Gasteiger partial charge in [-0.2, -0.15) is 0 Å². The first-order chi connectivity index (χ1) is 14.0. The number of rotatable bonds is 4. The first-order valence-corrected chi connectivity index (χ1v) is 9.12. The molecule has 0 spiro atoms. The molecule has 0 atom stereocenters. The van der Waals surface area contributed by atoms with E-state index in [2.05, 4.69) is 10.3 Å². The predicted molar refractivity (Wildman–Crippen MR) is 113 cm³/mol. The molecule has 5 heteroatoms. The topological polar surface area (TPSA) is 44.9 Å². The third-order valence-electron chi connectivity index (χ3n) is 4.55.